The molecule has 172 valence electrons. The van der Waals surface area contributed by atoms with Crippen LogP contribution in [0.4, 0.5) is 10.1 Å². The fourth-order valence-electron chi connectivity index (χ4n) is 4.12. The zero-order valence-corrected chi connectivity index (χ0v) is 19.1. The van der Waals surface area contributed by atoms with E-state index in [1.807, 2.05) is 0 Å². The van der Waals surface area contributed by atoms with Crippen LogP contribution in [-0.4, -0.2) is 33.7 Å². The number of nitrogens with one attached hydrogen (secondary N) is 1. The molecule has 7 nitrogen and oxygen atoms in total. The molecule has 4 rings (SSSR count). The fraction of sp³-hybridized carbons (Fsp3) is 0.333. The second kappa shape index (κ2) is 10.5. The summed E-state index contributed by atoms with van der Waals surface area (Å²) in [7, 11) is 1.53. The second-order valence-corrected chi connectivity index (χ2v) is 8.52. The highest BCUT2D eigenvalue weighted by Gasteiger charge is 2.35. The van der Waals surface area contributed by atoms with Gasteiger partial charge >= 0.3 is 0 Å². The molecule has 1 N–H and O–H groups in total. The monoisotopic (exact) mass is 468 g/mol. The van der Waals surface area contributed by atoms with Gasteiger partial charge in [0.1, 0.15) is 17.6 Å². The highest BCUT2D eigenvalue weighted by atomic mass is 32.1. The van der Waals surface area contributed by atoms with E-state index in [1.54, 1.807) is 24.3 Å². The van der Waals surface area contributed by atoms with Crippen molar-refractivity contribution in [2.24, 2.45) is 0 Å². The van der Waals surface area contributed by atoms with Crippen molar-refractivity contribution in [2.45, 2.75) is 44.2 Å². The molecule has 0 radical (unpaired) electrons. The first-order chi connectivity index (χ1) is 16.1. The predicted molar refractivity (Wildman–Crippen MR) is 124 cm³/mol. The van der Waals surface area contributed by atoms with Gasteiger partial charge in [-0.1, -0.05) is 37.5 Å². The van der Waals surface area contributed by atoms with Gasteiger partial charge in [0.25, 0.3) is 5.91 Å². The molecule has 2 amide bonds. The average Bonchev–Trinajstić information content (AvgIpc) is 3.38. The predicted octanol–water partition coefficient (Wildman–Crippen LogP) is 4.52. The zero-order valence-electron chi connectivity index (χ0n) is 18.2. The highest BCUT2D eigenvalue weighted by molar-refractivity contribution is 6.99. The molecule has 1 heterocycles. The normalized spacial score (nSPS) is 15.0. The van der Waals surface area contributed by atoms with Crippen molar-refractivity contribution in [3.8, 4) is 5.75 Å². The number of anilines is 1. The average molecular weight is 469 g/mol. The molecule has 1 aliphatic carbocycles. The standard InChI is InChI=1S/C24H25FN4O3S/c1-32-20-9-5-8-19(14-20)29(24(31)21-15-26-33-28-21)22(16-10-12-17(25)13-11-16)23(30)27-18-6-3-2-4-7-18/h5,8-15,18,22H,2-4,6-7H2,1H3,(H,27,30). The number of rotatable bonds is 7. The molecule has 0 saturated heterocycles. The maximum atomic E-state index is 13.7. The minimum absolute atomic E-state index is 0.0393. The quantitative estimate of drug-likeness (QED) is 0.551. The lowest BCUT2D eigenvalue weighted by molar-refractivity contribution is -0.123. The van der Waals surface area contributed by atoms with Gasteiger partial charge in [0, 0.05) is 17.8 Å². The number of methoxy groups -OCH3 is 1. The second-order valence-electron chi connectivity index (χ2n) is 7.97. The molecular weight excluding hydrogens is 443 g/mol. The molecular formula is C24H25FN4O3S. The van der Waals surface area contributed by atoms with Crippen molar-refractivity contribution < 1.29 is 18.7 Å². The summed E-state index contributed by atoms with van der Waals surface area (Å²) in [5.41, 5.74) is 1.07. The third-order valence-corrected chi connectivity index (χ3v) is 6.25. The van der Waals surface area contributed by atoms with E-state index in [4.69, 9.17) is 4.74 Å². The molecule has 1 fully saturated rings. The SMILES string of the molecule is COc1cccc(N(C(=O)c2cnsn2)C(C(=O)NC2CCCCC2)c2ccc(F)cc2)c1. The van der Waals surface area contributed by atoms with E-state index in [2.05, 4.69) is 14.1 Å². The number of amides is 2. The first-order valence-electron chi connectivity index (χ1n) is 10.9. The van der Waals surface area contributed by atoms with E-state index >= 15 is 0 Å². The van der Waals surface area contributed by atoms with Gasteiger partial charge in [-0.3, -0.25) is 14.5 Å². The van der Waals surface area contributed by atoms with Gasteiger partial charge in [-0.2, -0.15) is 8.75 Å². The largest absolute Gasteiger partial charge is 0.497 e. The summed E-state index contributed by atoms with van der Waals surface area (Å²) in [5, 5.41) is 3.12. The van der Waals surface area contributed by atoms with Crippen molar-refractivity contribution in [3.05, 3.63) is 71.8 Å². The van der Waals surface area contributed by atoms with Crippen LogP contribution in [0.2, 0.25) is 0 Å². The summed E-state index contributed by atoms with van der Waals surface area (Å²) >= 11 is 0.912. The lowest BCUT2D eigenvalue weighted by atomic mass is 9.94. The third-order valence-electron chi connectivity index (χ3n) is 5.77. The van der Waals surface area contributed by atoms with Gasteiger partial charge in [-0.05, 0) is 42.7 Å². The van der Waals surface area contributed by atoms with E-state index in [9.17, 15) is 14.0 Å². The Kier molecular flexibility index (Phi) is 7.29. The first kappa shape index (κ1) is 22.8. The van der Waals surface area contributed by atoms with Crippen LogP contribution in [0.3, 0.4) is 0 Å². The minimum atomic E-state index is -1.03. The molecule has 1 unspecified atom stereocenters. The van der Waals surface area contributed by atoms with Crippen LogP contribution < -0.4 is 15.0 Å². The van der Waals surface area contributed by atoms with Crippen LogP contribution in [0.15, 0.2) is 54.7 Å². The van der Waals surface area contributed by atoms with Crippen molar-refractivity contribution in [1.29, 1.82) is 0 Å². The van der Waals surface area contributed by atoms with E-state index < -0.39 is 17.8 Å². The number of carbonyl (C=O) groups excluding carboxylic acids is 2. The molecule has 33 heavy (non-hydrogen) atoms. The molecule has 9 heteroatoms. The zero-order chi connectivity index (χ0) is 23.2. The molecule has 1 aliphatic rings. The Morgan fingerprint density at radius 2 is 1.91 bits per heavy atom. The molecule has 3 aromatic rings. The Morgan fingerprint density at radius 1 is 1.15 bits per heavy atom. The van der Waals surface area contributed by atoms with E-state index in [0.717, 1.165) is 43.8 Å². The minimum Gasteiger partial charge on any atom is -0.497 e. The molecule has 0 bridgehead atoms. The van der Waals surface area contributed by atoms with E-state index in [0.29, 0.717) is 17.0 Å². The van der Waals surface area contributed by atoms with Crippen molar-refractivity contribution in [3.63, 3.8) is 0 Å². The molecule has 1 saturated carbocycles. The maximum Gasteiger partial charge on any atom is 0.280 e. The number of ether oxygens (including phenoxy) is 1. The number of carbonyl (C=O) groups is 2. The van der Waals surface area contributed by atoms with Gasteiger partial charge in [0.15, 0.2) is 5.69 Å². The highest BCUT2D eigenvalue weighted by Crippen LogP contribution is 2.32. The van der Waals surface area contributed by atoms with Crippen LogP contribution in [0.25, 0.3) is 0 Å². The Labute approximate surface area is 195 Å². The third kappa shape index (κ3) is 5.36. The Hall–Kier alpha value is -3.33. The van der Waals surface area contributed by atoms with Gasteiger partial charge in [-0.25, -0.2) is 4.39 Å². The van der Waals surface area contributed by atoms with Gasteiger partial charge < -0.3 is 10.1 Å². The molecule has 0 aliphatic heterocycles. The Morgan fingerprint density at radius 3 is 2.58 bits per heavy atom. The van der Waals surface area contributed by atoms with Crippen LogP contribution in [0, 0.1) is 5.82 Å². The van der Waals surface area contributed by atoms with Crippen LogP contribution in [0.5, 0.6) is 5.75 Å². The summed E-state index contributed by atoms with van der Waals surface area (Å²) in [6.45, 7) is 0. The number of aromatic nitrogens is 2. The molecule has 2 aromatic carbocycles. The Balaban J connectivity index is 1.79. The van der Waals surface area contributed by atoms with Crippen LogP contribution in [-0.2, 0) is 4.79 Å². The van der Waals surface area contributed by atoms with Crippen LogP contribution >= 0.6 is 11.7 Å². The number of nitrogens with zero attached hydrogens (tertiary/aromatic N) is 3. The van der Waals surface area contributed by atoms with Crippen molar-refractivity contribution in [1.82, 2.24) is 14.1 Å². The molecule has 1 atom stereocenters. The lowest BCUT2D eigenvalue weighted by Crippen LogP contribution is -2.47. The van der Waals surface area contributed by atoms with Gasteiger partial charge in [0.2, 0.25) is 5.91 Å². The van der Waals surface area contributed by atoms with E-state index in [1.165, 1.54) is 42.5 Å². The summed E-state index contributed by atoms with van der Waals surface area (Å²) in [6, 6.07) is 11.5. The number of hydrogen-bond donors (Lipinski definition) is 1. The van der Waals surface area contributed by atoms with Crippen molar-refractivity contribution >= 4 is 29.2 Å². The number of halogens is 1. The van der Waals surface area contributed by atoms with Crippen LogP contribution in [0.1, 0.15) is 54.2 Å². The summed E-state index contributed by atoms with van der Waals surface area (Å²) in [6.07, 6.45) is 6.42. The smallest absolute Gasteiger partial charge is 0.280 e. The number of hydrogen-bond acceptors (Lipinski definition) is 6. The summed E-state index contributed by atoms with van der Waals surface area (Å²) < 4.78 is 27.1. The topological polar surface area (TPSA) is 84.4 Å². The van der Waals surface area contributed by atoms with Crippen molar-refractivity contribution in [2.75, 3.05) is 12.0 Å². The lowest BCUT2D eigenvalue weighted by Gasteiger charge is -2.33. The maximum absolute atomic E-state index is 13.7. The van der Waals surface area contributed by atoms with Gasteiger partial charge in [-0.15, -0.1) is 0 Å². The number of benzene rings is 2. The molecule has 1 aromatic heterocycles. The first-order valence-corrected chi connectivity index (χ1v) is 11.6. The molecule has 0 spiro atoms. The fourth-order valence-corrected chi connectivity index (χ4v) is 4.52. The Bertz CT molecular complexity index is 1090. The summed E-state index contributed by atoms with van der Waals surface area (Å²) in [5.74, 6) is -0.696. The van der Waals surface area contributed by atoms with Gasteiger partial charge in [0.05, 0.1) is 25.0 Å². The van der Waals surface area contributed by atoms with E-state index in [-0.39, 0.29) is 17.6 Å². The summed E-state index contributed by atoms with van der Waals surface area (Å²) in [4.78, 5) is 28.7.